The van der Waals surface area contributed by atoms with Crippen LogP contribution in [0.2, 0.25) is 0 Å². The SMILES string of the molecule is COc1cc(C=Nn2c(C3CCCCC3)nc3ccc(Br)cc3c2=O)cc(OC)c1OCc1ccccc1. The maximum atomic E-state index is 13.6. The number of fused-ring (bicyclic) bond motifs is 1. The lowest BCUT2D eigenvalue weighted by Crippen LogP contribution is -2.25. The molecular weight excluding hydrogens is 546 g/mol. The molecule has 196 valence electrons. The first-order valence-electron chi connectivity index (χ1n) is 12.8. The fraction of sp³-hybridized carbons (Fsp3) is 0.300. The van der Waals surface area contributed by atoms with Gasteiger partial charge in [0.05, 0.1) is 31.3 Å². The number of aromatic nitrogens is 2. The molecule has 1 fully saturated rings. The standard InChI is InChI=1S/C30H30BrN3O4/c1-36-26-15-21(16-27(37-2)28(26)38-19-20-9-5-3-6-10-20)18-32-34-29(22-11-7-4-8-12-22)33-25-14-13-23(31)17-24(25)30(34)35/h3,5-6,9-10,13-18,22H,4,7-8,11-12,19H2,1-2H3. The normalized spacial score (nSPS) is 14.2. The first-order chi connectivity index (χ1) is 18.6. The van der Waals surface area contributed by atoms with Crippen molar-refractivity contribution in [2.45, 2.75) is 44.6 Å². The summed E-state index contributed by atoms with van der Waals surface area (Å²) in [6.07, 6.45) is 7.11. The summed E-state index contributed by atoms with van der Waals surface area (Å²) in [7, 11) is 3.17. The molecule has 0 atom stereocenters. The van der Waals surface area contributed by atoms with Gasteiger partial charge in [-0.3, -0.25) is 4.79 Å². The van der Waals surface area contributed by atoms with Gasteiger partial charge in [-0.25, -0.2) is 4.98 Å². The number of methoxy groups -OCH3 is 2. The first kappa shape index (κ1) is 26.0. The molecule has 1 saturated carbocycles. The molecule has 0 unspecified atom stereocenters. The number of hydrogen-bond donors (Lipinski definition) is 0. The van der Waals surface area contributed by atoms with E-state index >= 15 is 0 Å². The van der Waals surface area contributed by atoms with E-state index in [0.717, 1.165) is 35.7 Å². The highest BCUT2D eigenvalue weighted by Crippen LogP contribution is 2.39. The van der Waals surface area contributed by atoms with Crippen molar-refractivity contribution in [1.29, 1.82) is 0 Å². The highest BCUT2D eigenvalue weighted by Gasteiger charge is 2.23. The van der Waals surface area contributed by atoms with Gasteiger partial charge in [0, 0.05) is 16.0 Å². The molecule has 1 aliphatic rings. The molecule has 0 aliphatic heterocycles. The Kier molecular flexibility index (Phi) is 8.08. The Hall–Kier alpha value is -3.65. The van der Waals surface area contributed by atoms with Crippen molar-refractivity contribution < 1.29 is 14.2 Å². The van der Waals surface area contributed by atoms with Gasteiger partial charge in [0.2, 0.25) is 5.75 Å². The third-order valence-corrected chi connectivity index (χ3v) is 7.33. The summed E-state index contributed by atoms with van der Waals surface area (Å²) in [6, 6.07) is 19.1. The van der Waals surface area contributed by atoms with Gasteiger partial charge in [-0.2, -0.15) is 9.78 Å². The lowest BCUT2D eigenvalue weighted by atomic mass is 9.88. The third kappa shape index (κ3) is 5.60. The predicted octanol–water partition coefficient (Wildman–Crippen LogP) is 6.69. The smallest absolute Gasteiger partial charge is 0.282 e. The molecule has 0 amide bonds. The highest BCUT2D eigenvalue weighted by molar-refractivity contribution is 9.10. The fourth-order valence-corrected chi connectivity index (χ4v) is 5.23. The monoisotopic (exact) mass is 575 g/mol. The van der Waals surface area contributed by atoms with Gasteiger partial charge in [-0.15, -0.1) is 0 Å². The highest BCUT2D eigenvalue weighted by atomic mass is 79.9. The Labute approximate surface area is 230 Å². The van der Waals surface area contributed by atoms with E-state index in [9.17, 15) is 4.79 Å². The van der Waals surface area contributed by atoms with Crippen molar-refractivity contribution in [3.05, 3.63) is 92.4 Å². The summed E-state index contributed by atoms with van der Waals surface area (Å²) in [5.41, 5.74) is 2.25. The second-order valence-corrected chi connectivity index (χ2v) is 10.3. The maximum Gasteiger partial charge on any atom is 0.282 e. The summed E-state index contributed by atoms with van der Waals surface area (Å²) in [5.74, 6) is 2.44. The van der Waals surface area contributed by atoms with Gasteiger partial charge in [-0.05, 0) is 48.7 Å². The number of rotatable bonds is 8. The number of nitrogens with zero attached hydrogens (tertiary/aromatic N) is 3. The summed E-state index contributed by atoms with van der Waals surface area (Å²) in [5, 5.41) is 5.18. The zero-order valence-electron chi connectivity index (χ0n) is 21.5. The second kappa shape index (κ2) is 11.8. The minimum Gasteiger partial charge on any atom is -0.493 e. The Morgan fingerprint density at radius 2 is 1.71 bits per heavy atom. The molecule has 1 aromatic heterocycles. The van der Waals surface area contributed by atoms with Crippen LogP contribution >= 0.6 is 15.9 Å². The molecule has 0 spiro atoms. The maximum absolute atomic E-state index is 13.6. The summed E-state index contributed by atoms with van der Waals surface area (Å²) >= 11 is 3.47. The van der Waals surface area contributed by atoms with Gasteiger partial charge in [0.1, 0.15) is 12.4 Å². The Bertz CT molecular complexity index is 1490. The Morgan fingerprint density at radius 1 is 1.00 bits per heavy atom. The van der Waals surface area contributed by atoms with Crippen LogP contribution in [-0.2, 0) is 6.61 Å². The molecular formula is C30H30BrN3O4. The molecule has 3 aromatic carbocycles. The Balaban J connectivity index is 1.53. The molecule has 0 radical (unpaired) electrons. The summed E-state index contributed by atoms with van der Waals surface area (Å²) in [4.78, 5) is 18.5. The van der Waals surface area contributed by atoms with Crippen LogP contribution in [0.15, 0.2) is 75.0 Å². The first-order valence-corrected chi connectivity index (χ1v) is 13.6. The third-order valence-electron chi connectivity index (χ3n) is 6.83. The quantitative estimate of drug-likeness (QED) is 0.219. The van der Waals surface area contributed by atoms with Crippen LogP contribution in [0.5, 0.6) is 17.2 Å². The number of ether oxygens (including phenoxy) is 3. The van der Waals surface area contributed by atoms with Gasteiger partial charge in [0.15, 0.2) is 11.5 Å². The van der Waals surface area contributed by atoms with Gasteiger partial charge in [0.25, 0.3) is 5.56 Å². The van der Waals surface area contributed by atoms with E-state index in [1.165, 1.54) is 11.1 Å². The number of hydrogen-bond acceptors (Lipinski definition) is 6. The summed E-state index contributed by atoms with van der Waals surface area (Å²) < 4.78 is 19.6. The van der Waals surface area contributed by atoms with E-state index in [1.54, 1.807) is 26.5 Å². The van der Waals surface area contributed by atoms with E-state index < -0.39 is 0 Å². The van der Waals surface area contributed by atoms with Gasteiger partial charge < -0.3 is 14.2 Å². The van der Waals surface area contributed by atoms with Crippen LogP contribution in [0, 0.1) is 0 Å². The molecule has 4 aromatic rings. The lowest BCUT2D eigenvalue weighted by molar-refractivity contribution is 0.266. The van der Waals surface area contributed by atoms with Crippen LogP contribution in [0.4, 0.5) is 0 Å². The van der Waals surface area contributed by atoms with E-state index in [-0.39, 0.29) is 11.5 Å². The topological polar surface area (TPSA) is 74.9 Å². The minimum atomic E-state index is -0.185. The van der Waals surface area contributed by atoms with Crippen LogP contribution < -0.4 is 19.8 Å². The molecule has 1 heterocycles. The molecule has 0 saturated heterocycles. The average Bonchev–Trinajstić information content (AvgIpc) is 2.96. The van der Waals surface area contributed by atoms with E-state index in [1.807, 2.05) is 54.6 Å². The number of halogens is 1. The van der Waals surface area contributed by atoms with Crippen LogP contribution in [0.1, 0.15) is 55.0 Å². The molecule has 5 rings (SSSR count). The van der Waals surface area contributed by atoms with Crippen LogP contribution in [-0.4, -0.2) is 30.1 Å². The average molecular weight is 576 g/mol. The second-order valence-electron chi connectivity index (χ2n) is 9.36. The van der Waals surface area contributed by atoms with Crippen molar-refractivity contribution in [2.75, 3.05) is 14.2 Å². The largest absolute Gasteiger partial charge is 0.493 e. The van der Waals surface area contributed by atoms with Crippen molar-refractivity contribution in [3.8, 4) is 17.2 Å². The Morgan fingerprint density at radius 3 is 2.39 bits per heavy atom. The predicted molar refractivity (Wildman–Crippen MR) is 153 cm³/mol. The molecule has 0 N–H and O–H groups in total. The van der Waals surface area contributed by atoms with Crippen molar-refractivity contribution in [2.24, 2.45) is 5.10 Å². The van der Waals surface area contributed by atoms with Crippen LogP contribution in [0.3, 0.4) is 0 Å². The van der Waals surface area contributed by atoms with Crippen molar-refractivity contribution in [1.82, 2.24) is 9.66 Å². The number of benzene rings is 3. The van der Waals surface area contributed by atoms with E-state index in [0.29, 0.717) is 46.1 Å². The lowest BCUT2D eigenvalue weighted by Gasteiger charge is -2.22. The molecule has 0 bridgehead atoms. The fourth-order valence-electron chi connectivity index (χ4n) is 4.87. The van der Waals surface area contributed by atoms with Gasteiger partial charge >= 0.3 is 0 Å². The summed E-state index contributed by atoms with van der Waals surface area (Å²) in [6.45, 7) is 0.374. The van der Waals surface area contributed by atoms with Crippen molar-refractivity contribution in [3.63, 3.8) is 0 Å². The molecule has 7 nitrogen and oxygen atoms in total. The van der Waals surface area contributed by atoms with E-state index in [2.05, 4.69) is 21.0 Å². The van der Waals surface area contributed by atoms with Crippen molar-refractivity contribution >= 4 is 33.0 Å². The molecule has 8 heteroatoms. The zero-order valence-corrected chi connectivity index (χ0v) is 23.1. The van der Waals surface area contributed by atoms with E-state index in [4.69, 9.17) is 19.2 Å². The minimum absolute atomic E-state index is 0.185. The van der Waals surface area contributed by atoms with Gasteiger partial charge in [-0.1, -0.05) is 65.5 Å². The zero-order chi connectivity index (χ0) is 26.5. The molecule has 38 heavy (non-hydrogen) atoms. The molecule has 1 aliphatic carbocycles. The van der Waals surface area contributed by atoms with Crippen LogP contribution in [0.25, 0.3) is 10.9 Å².